The number of piperidine rings is 1. The van der Waals surface area contributed by atoms with Gasteiger partial charge in [0.2, 0.25) is 5.95 Å². The lowest BCUT2D eigenvalue weighted by atomic mass is 9.97. The van der Waals surface area contributed by atoms with Crippen LogP contribution in [0.15, 0.2) is 18.3 Å². The summed E-state index contributed by atoms with van der Waals surface area (Å²) in [6, 6.07) is 7.96. The molecule has 3 aliphatic heterocycles. The van der Waals surface area contributed by atoms with Crippen molar-refractivity contribution in [2.24, 2.45) is 0 Å². The van der Waals surface area contributed by atoms with Crippen molar-refractivity contribution in [2.45, 2.75) is 57.2 Å². The van der Waals surface area contributed by atoms with Gasteiger partial charge in [-0.1, -0.05) is 0 Å². The molecule has 0 amide bonds. The third kappa shape index (κ3) is 3.89. The third-order valence-electron chi connectivity index (χ3n) is 7.54. The van der Waals surface area contributed by atoms with Crippen molar-refractivity contribution in [3.8, 4) is 6.07 Å². The number of nitriles is 1. The Hall–Kier alpha value is -3.16. The molecule has 0 aliphatic carbocycles. The van der Waals surface area contributed by atoms with Gasteiger partial charge in [0.25, 0.3) is 0 Å². The van der Waals surface area contributed by atoms with Gasteiger partial charge in [-0.15, -0.1) is 0 Å². The zero-order valence-electron chi connectivity index (χ0n) is 19.6. The Morgan fingerprint density at radius 3 is 2.68 bits per heavy atom. The van der Waals surface area contributed by atoms with Crippen molar-refractivity contribution in [1.82, 2.24) is 29.6 Å². The van der Waals surface area contributed by atoms with E-state index in [9.17, 15) is 0 Å². The summed E-state index contributed by atoms with van der Waals surface area (Å²) in [4.78, 5) is 14.8. The molecule has 1 unspecified atom stereocenters. The molecule has 2 N–H and O–H groups in total. The number of morpholine rings is 1. The molecule has 0 radical (unpaired) electrons. The zero-order valence-corrected chi connectivity index (χ0v) is 19.6. The second-order valence-electron chi connectivity index (χ2n) is 9.65. The van der Waals surface area contributed by atoms with E-state index in [2.05, 4.69) is 48.2 Å². The quantitative estimate of drug-likeness (QED) is 0.576. The van der Waals surface area contributed by atoms with E-state index in [1.165, 1.54) is 12.8 Å². The lowest BCUT2D eigenvalue weighted by molar-refractivity contribution is 0.111. The molecule has 0 saturated carbocycles. The first kappa shape index (κ1) is 21.4. The number of fused-ring (bicyclic) bond motifs is 3. The fourth-order valence-corrected chi connectivity index (χ4v) is 6.00. The second-order valence-corrected chi connectivity index (χ2v) is 9.65. The van der Waals surface area contributed by atoms with Crippen LogP contribution < -0.4 is 10.2 Å². The normalized spacial score (nSPS) is 25.1. The molecule has 3 saturated heterocycles. The van der Waals surface area contributed by atoms with Crippen LogP contribution in [0.2, 0.25) is 0 Å². The molecule has 0 aromatic carbocycles. The molecular formula is C24H31N9O. The van der Waals surface area contributed by atoms with Crippen LogP contribution in [0, 0.1) is 18.3 Å². The number of anilines is 3. The number of rotatable bonds is 6. The van der Waals surface area contributed by atoms with Crippen molar-refractivity contribution in [3.05, 3.63) is 24.0 Å². The fraction of sp³-hybridized carbons (Fsp3) is 0.583. The lowest BCUT2D eigenvalue weighted by Crippen LogP contribution is -2.43. The van der Waals surface area contributed by atoms with Gasteiger partial charge in [-0.2, -0.15) is 20.3 Å². The SMILES string of the molecule is Cc1cc(Nc2nc(N3CCOCC3)c3ccn(C4C[C@H]5CC[C@@H](C4)N5CCC#N)c3n2)n[nH]1. The summed E-state index contributed by atoms with van der Waals surface area (Å²) in [5, 5.41) is 20.7. The predicted octanol–water partition coefficient (Wildman–Crippen LogP) is 3.12. The van der Waals surface area contributed by atoms with E-state index in [0.717, 1.165) is 55.0 Å². The summed E-state index contributed by atoms with van der Waals surface area (Å²) in [5.74, 6) is 2.23. The van der Waals surface area contributed by atoms with E-state index < -0.39 is 0 Å². The Bertz CT molecular complexity index is 1190. The minimum Gasteiger partial charge on any atom is -0.378 e. The molecule has 10 nitrogen and oxygen atoms in total. The number of aryl methyl sites for hydroxylation is 1. The summed E-state index contributed by atoms with van der Waals surface area (Å²) in [7, 11) is 0. The molecule has 178 valence electrons. The van der Waals surface area contributed by atoms with E-state index in [-0.39, 0.29) is 0 Å². The molecule has 3 aromatic rings. The number of hydrogen-bond donors (Lipinski definition) is 2. The van der Waals surface area contributed by atoms with Gasteiger partial charge in [0.1, 0.15) is 11.5 Å². The highest BCUT2D eigenvalue weighted by atomic mass is 16.5. The summed E-state index contributed by atoms with van der Waals surface area (Å²) >= 11 is 0. The van der Waals surface area contributed by atoms with Crippen LogP contribution in [-0.2, 0) is 4.74 Å². The van der Waals surface area contributed by atoms with E-state index >= 15 is 0 Å². The van der Waals surface area contributed by atoms with Gasteiger partial charge in [-0.3, -0.25) is 10.00 Å². The second kappa shape index (κ2) is 8.89. The number of ether oxygens (including phenoxy) is 1. The van der Waals surface area contributed by atoms with Crippen molar-refractivity contribution in [2.75, 3.05) is 43.1 Å². The van der Waals surface area contributed by atoms with Crippen LogP contribution in [0.3, 0.4) is 0 Å². The highest BCUT2D eigenvalue weighted by Gasteiger charge is 2.41. The van der Waals surface area contributed by atoms with Crippen molar-refractivity contribution in [1.29, 1.82) is 5.26 Å². The fourth-order valence-electron chi connectivity index (χ4n) is 6.00. The monoisotopic (exact) mass is 461 g/mol. The average Bonchev–Trinajstić information content (AvgIpc) is 3.53. The summed E-state index contributed by atoms with van der Waals surface area (Å²) in [6.45, 7) is 5.92. The van der Waals surface area contributed by atoms with Crippen LogP contribution in [0.25, 0.3) is 11.0 Å². The topological polar surface area (TPSA) is 111 Å². The largest absolute Gasteiger partial charge is 0.378 e. The molecular weight excluding hydrogens is 430 g/mol. The Balaban J connectivity index is 1.35. The first-order valence-corrected chi connectivity index (χ1v) is 12.3. The van der Waals surface area contributed by atoms with Crippen LogP contribution in [0.5, 0.6) is 0 Å². The van der Waals surface area contributed by atoms with Gasteiger partial charge >= 0.3 is 0 Å². The maximum absolute atomic E-state index is 9.06. The van der Waals surface area contributed by atoms with Crippen LogP contribution in [0.4, 0.5) is 17.6 Å². The molecule has 2 bridgehead atoms. The minimum atomic E-state index is 0.404. The highest BCUT2D eigenvalue weighted by Crippen LogP contribution is 2.42. The third-order valence-corrected chi connectivity index (χ3v) is 7.54. The van der Waals surface area contributed by atoms with Gasteiger partial charge in [0, 0.05) is 62.1 Å². The predicted molar refractivity (Wildman–Crippen MR) is 129 cm³/mol. The molecule has 6 heterocycles. The molecule has 0 spiro atoms. The molecule has 3 atom stereocenters. The maximum atomic E-state index is 9.06. The molecule has 3 aromatic heterocycles. The Labute approximate surface area is 198 Å². The molecule has 34 heavy (non-hydrogen) atoms. The molecule has 6 rings (SSSR count). The standard InChI is InChI=1S/C24H31N9O/c1-16-13-21(30-29-16)26-24-27-22(31-9-11-34-12-10-31)20-5-8-33(23(20)28-24)19-14-17-3-4-18(15-19)32(17)7-2-6-25/h5,8,13,17-19H,2-4,7,9-12,14-15H2,1H3,(H2,26,27,28,29,30)/t17-,18+,19?. The average molecular weight is 462 g/mol. The Morgan fingerprint density at radius 1 is 1.18 bits per heavy atom. The van der Waals surface area contributed by atoms with Crippen LogP contribution >= 0.6 is 0 Å². The van der Waals surface area contributed by atoms with Gasteiger partial charge in [-0.05, 0) is 38.7 Å². The van der Waals surface area contributed by atoms with Crippen LogP contribution in [-0.4, -0.2) is 74.6 Å². The zero-order chi connectivity index (χ0) is 23.1. The smallest absolute Gasteiger partial charge is 0.232 e. The molecule has 10 heteroatoms. The van der Waals surface area contributed by atoms with E-state index in [0.29, 0.717) is 49.5 Å². The van der Waals surface area contributed by atoms with Crippen molar-refractivity contribution >= 4 is 28.6 Å². The van der Waals surface area contributed by atoms with E-state index in [1.54, 1.807) is 0 Å². The van der Waals surface area contributed by atoms with Crippen molar-refractivity contribution < 1.29 is 4.74 Å². The summed E-state index contributed by atoms with van der Waals surface area (Å²) in [5.41, 5.74) is 1.96. The van der Waals surface area contributed by atoms with Gasteiger partial charge < -0.3 is 19.5 Å². The number of hydrogen-bond acceptors (Lipinski definition) is 8. The number of H-pyrrole nitrogens is 1. The Kier molecular flexibility index (Phi) is 5.59. The number of nitrogens with zero attached hydrogens (tertiary/aromatic N) is 7. The molecule has 3 aliphatic rings. The first-order valence-electron chi connectivity index (χ1n) is 12.3. The van der Waals surface area contributed by atoms with E-state index in [4.69, 9.17) is 20.0 Å². The number of aromatic amines is 1. The van der Waals surface area contributed by atoms with Gasteiger partial charge in [0.05, 0.1) is 24.7 Å². The lowest BCUT2D eigenvalue weighted by Gasteiger charge is -2.39. The number of nitrogens with one attached hydrogen (secondary N) is 2. The maximum Gasteiger partial charge on any atom is 0.232 e. The summed E-state index contributed by atoms with van der Waals surface area (Å²) < 4.78 is 7.96. The van der Waals surface area contributed by atoms with Gasteiger partial charge in [-0.25, -0.2) is 0 Å². The number of aromatic nitrogens is 5. The van der Waals surface area contributed by atoms with E-state index in [1.807, 2.05) is 13.0 Å². The highest BCUT2D eigenvalue weighted by molar-refractivity contribution is 5.89. The van der Waals surface area contributed by atoms with Gasteiger partial charge in [0.15, 0.2) is 5.82 Å². The first-order chi connectivity index (χ1) is 16.7. The van der Waals surface area contributed by atoms with Crippen molar-refractivity contribution in [3.63, 3.8) is 0 Å². The van der Waals surface area contributed by atoms with Crippen LogP contribution in [0.1, 0.15) is 43.8 Å². The molecule has 3 fully saturated rings. The minimum absolute atomic E-state index is 0.404. The summed E-state index contributed by atoms with van der Waals surface area (Å²) in [6.07, 6.45) is 7.47. The Morgan fingerprint density at radius 2 is 1.97 bits per heavy atom.